The third-order valence-electron chi connectivity index (χ3n) is 2.80. The number of amides is 1. The Morgan fingerprint density at radius 2 is 2.33 bits per heavy atom. The van der Waals surface area contributed by atoms with Crippen molar-refractivity contribution in [2.24, 2.45) is 0 Å². The maximum absolute atomic E-state index is 12.0. The number of nitrogens with one attached hydrogen (secondary N) is 1. The minimum Gasteiger partial charge on any atom is -0.397 e. The van der Waals surface area contributed by atoms with E-state index in [0.29, 0.717) is 17.1 Å². The molecule has 3 N–H and O–H groups in total. The van der Waals surface area contributed by atoms with Crippen molar-refractivity contribution in [2.45, 2.75) is 26.2 Å². The highest BCUT2D eigenvalue weighted by molar-refractivity contribution is 7.21. The molecule has 0 atom stereocenters. The van der Waals surface area contributed by atoms with E-state index in [4.69, 9.17) is 5.73 Å². The summed E-state index contributed by atoms with van der Waals surface area (Å²) in [7, 11) is 0. The summed E-state index contributed by atoms with van der Waals surface area (Å²) in [5, 5.41) is 3.82. The van der Waals surface area contributed by atoms with Crippen LogP contribution in [-0.2, 0) is 0 Å². The molecule has 0 aliphatic heterocycles. The average molecular weight is 263 g/mol. The number of carbonyl (C=O) groups is 1. The molecule has 0 aliphatic rings. The van der Waals surface area contributed by atoms with Crippen LogP contribution in [0.5, 0.6) is 0 Å². The topological polar surface area (TPSA) is 68.0 Å². The monoisotopic (exact) mass is 263 g/mol. The number of rotatable bonds is 5. The highest BCUT2D eigenvalue weighted by atomic mass is 32.1. The molecule has 0 aliphatic carbocycles. The van der Waals surface area contributed by atoms with E-state index in [0.717, 1.165) is 29.3 Å². The largest absolute Gasteiger partial charge is 0.397 e. The minimum absolute atomic E-state index is 0.0789. The van der Waals surface area contributed by atoms with Crippen molar-refractivity contribution in [3.8, 4) is 0 Å². The van der Waals surface area contributed by atoms with Crippen molar-refractivity contribution in [3.63, 3.8) is 0 Å². The summed E-state index contributed by atoms with van der Waals surface area (Å²) in [6.07, 6.45) is 6.71. The zero-order chi connectivity index (χ0) is 13.0. The number of hydrogen-bond donors (Lipinski definition) is 2. The van der Waals surface area contributed by atoms with E-state index in [2.05, 4.69) is 17.2 Å². The molecular formula is C13H17N3OS. The van der Waals surface area contributed by atoms with Gasteiger partial charge in [-0.25, -0.2) is 0 Å². The Hall–Kier alpha value is -1.62. The molecule has 18 heavy (non-hydrogen) atoms. The van der Waals surface area contributed by atoms with Gasteiger partial charge in [0.25, 0.3) is 5.91 Å². The van der Waals surface area contributed by atoms with E-state index < -0.39 is 0 Å². The van der Waals surface area contributed by atoms with Crippen LogP contribution in [0.1, 0.15) is 35.9 Å². The standard InChI is InChI=1S/C13H17N3OS/c1-2-3-4-6-16-13(17)12-11(14)9-5-7-15-8-10(9)18-12/h5,7-8H,2-4,6,14H2,1H3,(H,16,17). The van der Waals surface area contributed by atoms with Gasteiger partial charge in [-0.2, -0.15) is 0 Å². The Morgan fingerprint density at radius 3 is 3.06 bits per heavy atom. The smallest absolute Gasteiger partial charge is 0.263 e. The van der Waals surface area contributed by atoms with Gasteiger partial charge in [0.15, 0.2) is 0 Å². The van der Waals surface area contributed by atoms with Crippen molar-refractivity contribution in [2.75, 3.05) is 12.3 Å². The molecule has 0 aromatic carbocycles. The molecule has 0 unspecified atom stereocenters. The Kier molecular flexibility index (Phi) is 4.15. The number of fused-ring (bicyclic) bond motifs is 1. The summed E-state index contributed by atoms with van der Waals surface area (Å²) in [5.74, 6) is -0.0789. The number of hydrogen-bond acceptors (Lipinski definition) is 4. The molecule has 2 aromatic rings. The second-order valence-electron chi connectivity index (χ2n) is 4.18. The Balaban J connectivity index is 2.10. The number of aromatic nitrogens is 1. The number of anilines is 1. The van der Waals surface area contributed by atoms with E-state index in [-0.39, 0.29) is 5.91 Å². The first-order valence-corrected chi connectivity index (χ1v) is 6.96. The van der Waals surface area contributed by atoms with Gasteiger partial charge >= 0.3 is 0 Å². The molecule has 5 heteroatoms. The summed E-state index contributed by atoms with van der Waals surface area (Å²) in [5.41, 5.74) is 6.55. The summed E-state index contributed by atoms with van der Waals surface area (Å²) < 4.78 is 0.953. The van der Waals surface area contributed by atoms with Crippen LogP contribution in [0.3, 0.4) is 0 Å². The second kappa shape index (κ2) is 5.82. The van der Waals surface area contributed by atoms with Crippen LogP contribution in [0.4, 0.5) is 5.69 Å². The van der Waals surface area contributed by atoms with Gasteiger partial charge in [-0.05, 0) is 12.5 Å². The molecule has 2 aromatic heterocycles. The van der Waals surface area contributed by atoms with E-state index in [1.54, 1.807) is 12.4 Å². The lowest BCUT2D eigenvalue weighted by Crippen LogP contribution is -2.24. The van der Waals surface area contributed by atoms with E-state index in [1.807, 2.05) is 6.07 Å². The lowest BCUT2D eigenvalue weighted by atomic mass is 10.2. The Bertz CT molecular complexity index is 550. The van der Waals surface area contributed by atoms with Crippen LogP contribution in [0.15, 0.2) is 18.5 Å². The quantitative estimate of drug-likeness (QED) is 0.815. The molecule has 0 spiro atoms. The van der Waals surface area contributed by atoms with Crippen LogP contribution in [0.2, 0.25) is 0 Å². The number of nitrogens with two attached hydrogens (primary N) is 1. The highest BCUT2D eigenvalue weighted by Crippen LogP contribution is 2.32. The zero-order valence-electron chi connectivity index (χ0n) is 10.4. The summed E-state index contributed by atoms with van der Waals surface area (Å²) >= 11 is 1.40. The van der Waals surface area contributed by atoms with Gasteiger partial charge in [-0.15, -0.1) is 11.3 Å². The third kappa shape index (κ3) is 2.61. The predicted molar refractivity (Wildman–Crippen MR) is 75.9 cm³/mol. The van der Waals surface area contributed by atoms with Crippen molar-refractivity contribution < 1.29 is 4.79 Å². The summed E-state index contributed by atoms with van der Waals surface area (Å²) in [4.78, 5) is 16.6. The van der Waals surface area contributed by atoms with Crippen LogP contribution in [0, 0.1) is 0 Å². The number of nitrogens with zero attached hydrogens (tertiary/aromatic N) is 1. The molecule has 0 saturated carbocycles. The summed E-state index contributed by atoms with van der Waals surface area (Å²) in [6.45, 7) is 2.84. The normalized spacial score (nSPS) is 10.7. The van der Waals surface area contributed by atoms with Crippen LogP contribution < -0.4 is 11.1 Å². The van der Waals surface area contributed by atoms with Gasteiger partial charge in [0.05, 0.1) is 10.4 Å². The molecule has 0 saturated heterocycles. The lowest BCUT2D eigenvalue weighted by Gasteiger charge is -2.03. The molecule has 0 bridgehead atoms. The number of unbranched alkanes of at least 4 members (excludes halogenated alkanes) is 2. The van der Waals surface area contributed by atoms with E-state index in [1.165, 1.54) is 11.3 Å². The minimum atomic E-state index is -0.0789. The first-order valence-electron chi connectivity index (χ1n) is 6.14. The zero-order valence-corrected chi connectivity index (χ0v) is 11.2. The molecule has 4 nitrogen and oxygen atoms in total. The van der Waals surface area contributed by atoms with Crippen molar-refractivity contribution in [3.05, 3.63) is 23.3 Å². The first kappa shape index (κ1) is 12.8. The molecule has 0 fully saturated rings. The highest BCUT2D eigenvalue weighted by Gasteiger charge is 2.15. The van der Waals surface area contributed by atoms with E-state index in [9.17, 15) is 4.79 Å². The van der Waals surface area contributed by atoms with Crippen molar-refractivity contribution >= 4 is 33.0 Å². The third-order valence-corrected chi connectivity index (χ3v) is 3.96. The lowest BCUT2D eigenvalue weighted by molar-refractivity contribution is 0.0958. The fraction of sp³-hybridized carbons (Fsp3) is 0.385. The first-order chi connectivity index (χ1) is 8.74. The van der Waals surface area contributed by atoms with Gasteiger partial charge in [-0.3, -0.25) is 9.78 Å². The molecule has 2 heterocycles. The van der Waals surface area contributed by atoms with Crippen molar-refractivity contribution in [1.82, 2.24) is 10.3 Å². The van der Waals surface area contributed by atoms with Crippen LogP contribution in [-0.4, -0.2) is 17.4 Å². The van der Waals surface area contributed by atoms with E-state index >= 15 is 0 Å². The van der Waals surface area contributed by atoms with Gasteiger partial charge in [0, 0.05) is 24.3 Å². The molecule has 0 radical (unpaired) electrons. The fourth-order valence-electron chi connectivity index (χ4n) is 1.80. The second-order valence-corrected chi connectivity index (χ2v) is 5.23. The number of pyridine rings is 1. The maximum Gasteiger partial charge on any atom is 0.263 e. The van der Waals surface area contributed by atoms with Crippen LogP contribution in [0.25, 0.3) is 10.1 Å². The van der Waals surface area contributed by atoms with Crippen molar-refractivity contribution in [1.29, 1.82) is 0 Å². The molecular weight excluding hydrogens is 246 g/mol. The van der Waals surface area contributed by atoms with Gasteiger partial charge in [0.1, 0.15) is 4.88 Å². The summed E-state index contributed by atoms with van der Waals surface area (Å²) in [6, 6.07) is 1.84. The predicted octanol–water partition coefficient (Wildman–Crippen LogP) is 2.80. The molecule has 2 rings (SSSR count). The maximum atomic E-state index is 12.0. The molecule has 1 amide bonds. The van der Waals surface area contributed by atoms with Crippen LogP contribution >= 0.6 is 11.3 Å². The number of carbonyl (C=O) groups excluding carboxylic acids is 1. The van der Waals surface area contributed by atoms with Gasteiger partial charge in [-0.1, -0.05) is 19.8 Å². The van der Waals surface area contributed by atoms with Gasteiger partial charge in [0.2, 0.25) is 0 Å². The molecule has 96 valence electrons. The fourth-order valence-corrected chi connectivity index (χ4v) is 2.80. The SMILES string of the molecule is CCCCCNC(=O)c1sc2cnccc2c1N. The number of nitrogen functional groups attached to an aromatic ring is 1. The number of thiophene rings is 1. The average Bonchev–Trinajstić information content (AvgIpc) is 2.73. The Labute approximate surface area is 110 Å². The Morgan fingerprint density at radius 1 is 1.50 bits per heavy atom. The van der Waals surface area contributed by atoms with Gasteiger partial charge < -0.3 is 11.1 Å².